The van der Waals surface area contributed by atoms with Gasteiger partial charge in [-0.3, -0.25) is 4.90 Å². The molecule has 1 fully saturated rings. The van der Waals surface area contributed by atoms with Crippen LogP contribution in [0.25, 0.3) is 0 Å². The van der Waals surface area contributed by atoms with Crippen molar-refractivity contribution in [1.29, 1.82) is 0 Å². The minimum atomic E-state index is 0.163. The van der Waals surface area contributed by atoms with Gasteiger partial charge in [-0.15, -0.1) is 6.58 Å². The summed E-state index contributed by atoms with van der Waals surface area (Å²) in [6, 6.07) is 1.97. The number of fused-ring (bicyclic) bond motifs is 1. The summed E-state index contributed by atoms with van der Waals surface area (Å²) in [6.07, 6.45) is 13.8. The lowest BCUT2D eigenvalue weighted by molar-refractivity contribution is 0.131. The van der Waals surface area contributed by atoms with E-state index in [9.17, 15) is 0 Å². The molecule has 24 heavy (non-hydrogen) atoms. The normalized spacial score (nSPS) is 24.5. The Bertz CT molecular complexity index is 556. The quantitative estimate of drug-likeness (QED) is 0.683. The molecule has 2 aliphatic rings. The topological polar surface area (TPSA) is 38.2 Å². The number of aryl methyl sites for hydroxylation is 1. The lowest BCUT2D eigenvalue weighted by atomic mass is 9.86. The molecule has 0 amide bonds. The summed E-state index contributed by atoms with van der Waals surface area (Å²) in [6.45, 7) is 9.33. The smallest absolute Gasteiger partial charge is 0.216 e. The van der Waals surface area contributed by atoms with Crippen LogP contribution in [-0.2, 0) is 6.42 Å². The van der Waals surface area contributed by atoms with Gasteiger partial charge in [-0.1, -0.05) is 25.2 Å². The van der Waals surface area contributed by atoms with Crippen LogP contribution in [0.15, 0.2) is 37.2 Å². The van der Waals surface area contributed by atoms with Crippen LogP contribution in [0.4, 0.5) is 0 Å². The largest absolute Gasteiger partial charge is 0.473 e. The van der Waals surface area contributed by atoms with Gasteiger partial charge >= 0.3 is 0 Å². The Labute approximate surface area is 145 Å². The van der Waals surface area contributed by atoms with Crippen molar-refractivity contribution in [2.75, 3.05) is 19.6 Å². The van der Waals surface area contributed by atoms with E-state index in [0.717, 1.165) is 43.3 Å². The summed E-state index contributed by atoms with van der Waals surface area (Å²) in [5.74, 6) is 2.37. The third-order valence-electron chi connectivity index (χ3n) is 5.20. The van der Waals surface area contributed by atoms with Crippen LogP contribution in [-0.4, -0.2) is 40.6 Å². The van der Waals surface area contributed by atoms with Crippen LogP contribution in [0, 0.1) is 11.8 Å². The van der Waals surface area contributed by atoms with Crippen molar-refractivity contribution in [2.24, 2.45) is 11.8 Å². The molecule has 0 radical (unpaired) electrons. The van der Waals surface area contributed by atoms with Gasteiger partial charge in [0.15, 0.2) is 0 Å². The maximum Gasteiger partial charge on any atom is 0.216 e. The Kier molecular flexibility index (Phi) is 6.02. The number of rotatable bonds is 8. The zero-order chi connectivity index (χ0) is 16.8. The summed E-state index contributed by atoms with van der Waals surface area (Å²) in [7, 11) is 0. The van der Waals surface area contributed by atoms with E-state index >= 15 is 0 Å². The number of hydrogen-bond acceptors (Lipinski definition) is 4. The summed E-state index contributed by atoms with van der Waals surface area (Å²) in [5.41, 5.74) is 1.03. The van der Waals surface area contributed by atoms with E-state index in [1.807, 2.05) is 12.1 Å². The zero-order valence-corrected chi connectivity index (χ0v) is 14.7. The van der Waals surface area contributed by atoms with Gasteiger partial charge in [0, 0.05) is 31.4 Å². The second-order valence-corrected chi connectivity index (χ2v) is 6.99. The standard InChI is InChI=1S/C20H29N3O/c1-3-5-10-19(24-20-11-18(4-2)21-15-22-20)14-23-12-16-8-6-7-9-17(16)13-23/h3,6-7,11,15-17,19H,1,4-5,8-10,12-14H2,2H3/t16-,17+,19-/m1/s1. The molecule has 0 aromatic carbocycles. The fourth-order valence-electron chi connectivity index (χ4n) is 3.85. The van der Waals surface area contributed by atoms with Crippen LogP contribution < -0.4 is 4.74 Å². The van der Waals surface area contributed by atoms with Crippen LogP contribution in [0.3, 0.4) is 0 Å². The van der Waals surface area contributed by atoms with Crippen molar-refractivity contribution in [3.8, 4) is 5.88 Å². The second-order valence-electron chi connectivity index (χ2n) is 6.99. The minimum absolute atomic E-state index is 0.163. The molecule has 2 heterocycles. The van der Waals surface area contributed by atoms with Crippen LogP contribution in [0.5, 0.6) is 5.88 Å². The molecule has 0 unspecified atom stereocenters. The van der Waals surface area contributed by atoms with Crippen molar-refractivity contribution in [1.82, 2.24) is 14.9 Å². The first-order valence-corrected chi connectivity index (χ1v) is 9.24. The van der Waals surface area contributed by atoms with Gasteiger partial charge in [0.2, 0.25) is 5.88 Å². The third-order valence-corrected chi connectivity index (χ3v) is 5.20. The Balaban J connectivity index is 1.60. The Morgan fingerprint density at radius 1 is 1.29 bits per heavy atom. The van der Waals surface area contributed by atoms with E-state index in [2.05, 4.69) is 40.5 Å². The molecule has 0 saturated carbocycles. The first-order chi connectivity index (χ1) is 11.8. The molecule has 1 aliphatic carbocycles. The number of nitrogens with zero attached hydrogens (tertiary/aromatic N) is 3. The van der Waals surface area contributed by atoms with Crippen molar-refractivity contribution in [2.45, 2.75) is 45.1 Å². The molecule has 4 nitrogen and oxygen atoms in total. The van der Waals surface area contributed by atoms with Gasteiger partial charge in [-0.2, -0.15) is 0 Å². The second kappa shape index (κ2) is 8.43. The Morgan fingerprint density at radius 3 is 2.71 bits per heavy atom. The molecule has 0 spiro atoms. The highest BCUT2D eigenvalue weighted by Gasteiger charge is 2.33. The molecule has 130 valence electrons. The highest BCUT2D eigenvalue weighted by atomic mass is 16.5. The van der Waals surface area contributed by atoms with Crippen LogP contribution in [0.2, 0.25) is 0 Å². The summed E-state index contributed by atoms with van der Waals surface area (Å²) >= 11 is 0. The summed E-state index contributed by atoms with van der Waals surface area (Å²) in [5, 5.41) is 0. The highest BCUT2D eigenvalue weighted by Crippen LogP contribution is 2.33. The predicted octanol–water partition coefficient (Wildman–Crippen LogP) is 3.65. The Morgan fingerprint density at radius 2 is 2.04 bits per heavy atom. The van der Waals surface area contributed by atoms with Crippen molar-refractivity contribution >= 4 is 0 Å². The van der Waals surface area contributed by atoms with Crippen molar-refractivity contribution in [3.05, 3.63) is 42.9 Å². The van der Waals surface area contributed by atoms with Crippen LogP contribution in [0.1, 0.15) is 38.3 Å². The lowest BCUT2D eigenvalue weighted by Crippen LogP contribution is -2.34. The predicted molar refractivity (Wildman–Crippen MR) is 97.1 cm³/mol. The van der Waals surface area contributed by atoms with E-state index in [1.165, 1.54) is 25.9 Å². The molecule has 4 heteroatoms. The van der Waals surface area contributed by atoms with E-state index < -0.39 is 0 Å². The fourth-order valence-corrected chi connectivity index (χ4v) is 3.85. The molecular formula is C20H29N3O. The SMILES string of the molecule is C=CCC[C@H](CN1C[C@H]2CC=CC[C@H]2C1)Oc1cc(CC)ncn1. The van der Waals surface area contributed by atoms with Gasteiger partial charge in [-0.25, -0.2) is 9.97 Å². The van der Waals surface area contributed by atoms with E-state index in [4.69, 9.17) is 4.74 Å². The molecule has 1 aromatic heterocycles. The van der Waals surface area contributed by atoms with Crippen molar-refractivity contribution < 1.29 is 4.74 Å². The van der Waals surface area contributed by atoms with E-state index in [1.54, 1.807) is 6.33 Å². The molecule has 1 aliphatic heterocycles. The molecule has 0 bridgehead atoms. The summed E-state index contributed by atoms with van der Waals surface area (Å²) < 4.78 is 6.22. The monoisotopic (exact) mass is 327 g/mol. The number of aromatic nitrogens is 2. The van der Waals surface area contributed by atoms with Gasteiger partial charge in [0.05, 0.1) is 0 Å². The molecule has 3 atom stereocenters. The maximum atomic E-state index is 6.22. The lowest BCUT2D eigenvalue weighted by Gasteiger charge is -2.24. The fraction of sp³-hybridized carbons (Fsp3) is 0.600. The van der Waals surface area contributed by atoms with E-state index in [-0.39, 0.29) is 6.10 Å². The molecule has 1 aromatic rings. The van der Waals surface area contributed by atoms with Crippen LogP contribution >= 0.6 is 0 Å². The number of hydrogen-bond donors (Lipinski definition) is 0. The Hall–Kier alpha value is -1.68. The maximum absolute atomic E-state index is 6.22. The molecular weight excluding hydrogens is 298 g/mol. The average Bonchev–Trinajstić information content (AvgIpc) is 3.02. The molecule has 1 saturated heterocycles. The van der Waals surface area contributed by atoms with Gasteiger partial charge < -0.3 is 4.74 Å². The number of likely N-dealkylation sites (tertiary alicyclic amines) is 1. The highest BCUT2D eigenvalue weighted by molar-refractivity contribution is 5.13. The van der Waals surface area contributed by atoms with E-state index in [0.29, 0.717) is 5.88 Å². The third kappa shape index (κ3) is 4.44. The number of ether oxygens (including phenoxy) is 1. The molecule has 0 N–H and O–H groups in total. The van der Waals surface area contributed by atoms with Gasteiger partial charge in [0.25, 0.3) is 0 Å². The average molecular weight is 327 g/mol. The minimum Gasteiger partial charge on any atom is -0.473 e. The first-order valence-electron chi connectivity index (χ1n) is 9.24. The van der Waals surface area contributed by atoms with Crippen molar-refractivity contribution in [3.63, 3.8) is 0 Å². The first kappa shape index (κ1) is 17.2. The molecule has 3 rings (SSSR count). The number of allylic oxidation sites excluding steroid dienone is 3. The van der Waals surface area contributed by atoms with Gasteiger partial charge in [-0.05, 0) is 43.9 Å². The van der Waals surface area contributed by atoms with Gasteiger partial charge in [0.1, 0.15) is 12.4 Å². The zero-order valence-electron chi connectivity index (χ0n) is 14.7. The summed E-state index contributed by atoms with van der Waals surface area (Å²) in [4.78, 5) is 11.1.